The van der Waals surface area contributed by atoms with Gasteiger partial charge in [-0.05, 0) is 51.4 Å². The van der Waals surface area contributed by atoms with E-state index in [-0.39, 0.29) is 5.97 Å². The summed E-state index contributed by atoms with van der Waals surface area (Å²) in [6.45, 7) is 5.39. The lowest BCUT2D eigenvalue weighted by Gasteiger charge is -2.34. The van der Waals surface area contributed by atoms with Gasteiger partial charge in [0.2, 0.25) is 0 Å². The van der Waals surface area contributed by atoms with Crippen molar-refractivity contribution in [2.45, 2.75) is 78.1 Å². The molecule has 0 saturated heterocycles. The molecular weight excluding hydrogens is 288 g/mol. The van der Waals surface area contributed by atoms with Crippen LogP contribution in [-0.2, 0) is 14.3 Å². The van der Waals surface area contributed by atoms with Gasteiger partial charge in [-0.1, -0.05) is 44.1 Å². The lowest BCUT2D eigenvalue weighted by atomic mass is 9.72. The van der Waals surface area contributed by atoms with Crippen molar-refractivity contribution in [3.05, 3.63) is 11.1 Å². The Morgan fingerprint density at radius 1 is 0.826 bits per heavy atom. The molecule has 2 rings (SSSR count). The topological polar surface area (TPSA) is 35.5 Å². The molecule has 2 aliphatic rings. The molecule has 0 amide bonds. The summed E-state index contributed by atoms with van der Waals surface area (Å²) in [6.07, 6.45) is 12.8. The van der Waals surface area contributed by atoms with E-state index >= 15 is 0 Å². The lowest BCUT2D eigenvalue weighted by Crippen LogP contribution is -2.25. The molecule has 0 aromatic carbocycles. The largest absolute Gasteiger partial charge is 0.463 e. The van der Waals surface area contributed by atoms with Crippen molar-refractivity contribution in [2.75, 3.05) is 19.8 Å². The highest BCUT2D eigenvalue weighted by Crippen LogP contribution is 2.41. The Hall–Kier alpha value is -0.830. The van der Waals surface area contributed by atoms with Crippen molar-refractivity contribution in [3.8, 4) is 0 Å². The third kappa shape index (κ3) is 5.34. The summed E-state index contributed by atoms with van der Waals surface area (Å²) < 4.78 is 11.1. The molecule has 0 aromatic heterocycles. The Bertz CT molecular complexity index is 368. The predicted molar refractivity (Wildman–Crippen MR) is 93.3 cm³/mol. The summed E-state index contributed by atoms with van der Waals surface area (Å²) in [5.41, 5.74) is 2.27. The van der Waals surface area contributed by atoms with E-state index in [2.05, 4.69) is 0 Å². The van der Waals surface area contributed by atoms with Crippen LogP contribution in [0.1, 0.15) is 78.1 Å². The first-order valence-electron chi connectivity index (χ1n) is 9.75. The van der Waals surface area contributed by atoms with Crippen molar-refractivity contribution in [1.82, 2.24) is 0 Å². The first-order valence-corrected chi connectivity index (χ1v) is 9.75. The molecule has 0 heterocycles. The summed E-state index contributed by atoms with van der Waals surface area (Å²) in [6, 6.07) is 0. The molecule has 0 aromatic rings. The first-order chi connectivity index (χ1) is 11.3. The van der Waals surface area contributed by atoms with E-state index in [1.165, 1.54) is 69.8 Å². The molecular formula is C20H34O3. The van der Waals surface area contributed by atoms with Crippen molar-refractivity contribution in [2.24, 2.45) is 11.8 Å². The minimum absolute atomic E-state index is 0.132. The highest BCUT2D eigenvalue weighted by molar-refractivity contribution is 5.90. The number of rotatable bonds is 7. The van der Waals surface area contributed by atoms with Gasteiger partial charge >= 0.3 is 5.97 Å². The van der Waals surface area contributed by atoms with E-state index in [9.17, 15) is 4.79 Å². The van der Waals surface area contributed by atoms with E-state index in [1.807, 2.05) is 13.8 Å². The Kier molecular flexibility index (Phi) is 8.14. The van der Waals surface area contributed by atoms with Gasteiger partial charge in [0.15, 0.2) is 0 Å². The number of allylic oxidation sites excluding steroid dienone is 1. The highest BCUT2D eigenvalue weighted by Gasteiger charge is 2.31. The van der Waals surface area contributed by atoms with Crippen LogP contribution in [0.4, 0.5) is 0 Å². The van der Waals surface area contributed by atoms with E-state index in [4.69, 9.17) is 9.47 Å². The molecule has 2 fully saturated rings. The molecule has 0 aliphatic heterocycles. The molecule has 0 atom stereocenters. The van der Waals surface area contributed by atoms with Crippen LogP contribution in [0.5, 0.6) is 0 Å². The monoisotopic (exact) mass is 322 g/mol. The Balaban J connectivity index is 2.31. The minimum Gasteiger partial charge on any atom is -0.463 e. The van der Waals surface area contributed by atoms with E-state index in [1.54, 1.807) is 0 Å². The first kappa shape index (κ1) is 18.5. The highest BCUT2D eigenvalue weighted by atomic mass is 16.5. The van der Waals surface area contributed by atoms with Crippen LogP contribution in [-0.4, -0.2) is 25.8 Å². The van der Waals surface area contributed by atoms with Crippen molar-refractivity contribution in [1.29, 1.82) is 0 Å². The maximum atomic E-state index is 12.6. The number of carbonyl (C=O) groups excluding carboxylic acids is 1. The summed E-state index contributed by atoms with van der Waals surface area (Å²) in [7, 11) is 0. The number of ether oxygens (including phenoxy) is 2. The van der Waals surface area contributed by atoms with Crippen LogP contribution in [0.2, 0.25) is 0 Å². The van der Waals surface area contributed by atoms with Crippen LogP contribution in [0.15, 0.2) is 11.1 Å². The second-order valence-electron chi connectivity index (χ2n) is 6.96. The smallest absolute Gasteiger partial charge is 0.336 e. The van der Waals surface area contributed by atoms with Crippen molar-refractivity contribution >= 4 is 5.97 Å². The standard InChI is InChI=1S/C20H34O3/c1-3-22-15-18(20(21)23-4-2)19(16-11-7-5-8-12-16)17-13-9-6-10-14-17/h16-17H,3-15H2,1-2H3. The molecule has 0 radical (unpaired) electrons. The molecule has 132 valence electrons. The number of hydrogen-bond donors (Lipinski definition) is 0. The molecule has 3 heteroatoms. The molecule has 23 heavy (non-hydrogen) atoms. The third-order valence-corrected chi connectivity index (χ3v) is 5.41. The Labute approximate surface area is 141 Å². The Morgan fingerprint density at radius 3 is 1.78 bits per heavy atom. The van der Waals surface area contributed by atoms with Crippen molar-refractivity contribution < 1.29 is 14.3 Å². The fraction of sp³-hybridized carbons (Fsp3) is 0.850. The number of hydrogen-bond acceptors (Lipinski definition) is 3. The van der Waals surface area contributed by atoms with Crippen LogP contribution in [0.25, 0.3) is 0 Å². The SMILES string of the molecule is CCOCC(C(=O)OCC)=C(C1CCCCC1)C1CCCCC1. The van der Waals surface area contributed by atoms with Crippen LogP contribution < -0.4 is 0 Å². The second kappa shape index (κ2) is 10.1. The van der Waals surface area contributed by atoms with Gasteiger partial charge in [0.25, 0.3) is 0 Å². The minimum atomic E-state index is -0.132. The van der Waals surface area contributed by atoms with Gasteiger partial charge < -0.3 is 9.47 Å². The van der Waals surface area contributed by atoms with Gasteiger partial charge in [-0.25, -0.2) is 4.79 Å². The molecule has 2 saturated carbocycles. The van der Waals surface area contributed by atoms with E-state index < -0.39 is 0 Å². The van der Waals surface area contributed by atoms with E-state index in [0.717, 1.165) is 5.57 Å². The summed E-state index contributed by atoms with van der Waals surface area (Å²) in [5.74, 6) is 1.02. The molecule has 3 nitrogen and oxygen atoms in total. The van der Waals surface area contributed by atoms with Crippen LogP contribution in [0, 0.1) is 11.8 Å². The fourth-order valence-electron chi connectivity index (χ4n) is 4.34. The number of carbonyl (C=O) groups is 1. The van der Waals surface area contributed by atoms with Crippen LogP contribution in [0.3, 0.4) is 0 Å². The van der Waals surface area contributed by atoms with Crippen LogP contribution >= 0.6 is 0 Å². The van der Waals surface area contributed by atoms with Gasteiger partial charge in [-0.15, -0.1) is 0 Å². The number of esters is 1. The molecule has 2 aliphatic carbocycles. The normalized spacial score (nSPS) is 20.3. The van der Waals surface area contributed by atoms with Gasteiger partial charge in [-0.2, -0.15) is 0 Å². The molecule has 0 bridgehead atoms. The summed E-state index contributed by atoms with van der Waals surface area (Å²) in [5, 5.41) is 0. The quantitative estimate of drug-likeness (QED) is 0.486. The second-order valence-corrected chi connectivity index (χ2v) is 6.96. The Morgan fingerprint density at radius 2 is 1.35 bits per heavy atom. The van der Waals surface area contributed by atoms with Crippen molar-refractivity contribution in [3.63, 3.8) is 0 Å². The van der Waals surface area contributed by atoms with Gasteiger partial charge in [0.05, 0.1) is 18.8 Å². The zero-order chi connectivity index (χ0) is 16.5. The van der Waals surface area contributed by atoms with E-state index in [0.29, 0.717) is 31.7 Å². The lowest BCUT2D eigenvalue weighted by molar-refractivity contribution is -0.139. The molecule has 0 spiro atoms. The fourth-order valence-corrected chi connectivity index (χ4v) is 4.34. The maximum Gasteiger partial charge on any atom is 0.336 e. The summed E-state index contributed by atoms with van der Waals surface area (Å²) in [4.78, 5) is 12.6. The zero-order valence-electron chi connectivity index (χ0n) is 15.1. The van der Waals surface area contributed by atoms with Gasteiger partial charge in [-0.3, -0.25) is 0 Å². The average molecular weight is 322 g/mol. The average Bonchev–Trinajstić information content (AvgIpc) is 2.60. The summed E-state index contributed by atoms with van der Waals surface area (Å²) >= 11 is 0. The van der Waals surface area contributed by atoms with Gasteiger partial charge in [0.1, 0.15) is 0 Å². The molecule has 0 unspecified atom stereocenters. The van der Waals surface area contributed by atoms with Gasteiger partial charge in [0, 0.05) is 6.61 Å². The maximum absolute atomic E-state index is 12.6. The third-order valence-electron chi connectivity index (χ3n) is 5.41. The predicted octanol–water partition coefficient (Wildman–Crippen LogP) is 5.04. The zero-order valence-corrected chi connectivity index (χ0v) is 15.1. The molecule has 0 N–H and O–H groups in total.